The summed E-state index contributed by atoms with van der Waals surface area (Å²) in [4.78, 5) is 82.5. The van der Waals surface area contributed by atoms with Crippen LogP contribution >= 0.6 is 0 Å². The van der Waals surface area contributed by atoms with Crippen molar-refractivity contribution in [2.75, 3.05) is 33.0 Å². The normalized spacial score (nSPS) is 29.1. The van der Waals surface area contributed by atoms with Gasteiger partial charge in [-0.3, -0.25) is 14.4 Å². The second kappa shape index (κ2) is 23.2. The number of phenols is 6. The van der Waals surface area contributed by atoms with E-state index in [0.717, 1.165) is 24.3 Å². The molecule has 0 saturated carbocycles. The minimum atomic E-state index is -2.15. The van der Waals surface area contributed by atoms with E-state index in [9.17, 15) is 100 Å². The van der Waals surface area contributed by atoms with Crippen LogP contribution in [-0.4, -0.2) is 207 Å². The number of aliphatic hydroxyl groups excluding tert-OH is 8. The molecule has 0 radical (unpaired) electrons. The largest absolute Gasteiger partial charge is 0.504 e. The molecular weight excluding hydrogens is 982 g/mol. The number of esters is 3. The van der Waals surface area contributed by atoms with Crippen LogP contribution in [0.1, 0.15) is 73.3 Å². The van der Waals surface area contributed by atoms with Gasteiger partial charge >= 0.3 is 17.9 Å². The Morgan fingerprint density at radius 3 is 1.15 bits per heavy atom. The molecule has 0 bridgehead atoms. The number of phenolic OH excluding ortho intramolecular Hbond substituents is 6. The van der Waals surface area contributed by atoms with Gasteiger partial charge in [-0.15, -0.1) is 0 Å². The third-order valence-electron chi connectivity index (χ3n) is 12.0. The molecule has 3 saturated heterocycles. The number of cyclic esters (lactones) is 3. The summed E-state index contributed by atoms with van der Waals surface area (Å²) in [6, 6.07) is -0.736. The zero-order valence-corrected chi connectivity index (χ0v) is 38.2. The molecule has 0 aromatic heterocycles. The van der Waals surface area contributed by atoms with Crippen molar-refractivity contribution in [3.63, 3.8) is 0 Å². The highest BCUT2D eigenvalue weighted by Gasteiger charge is 2.46. The molecule has 13 atom stereocenters. The number of rotatable bonds is 12. The number of benzene rings is 3. The lowest BCUT2D eigenvalue weighted by Gasteiger charge is -2.40. The van der Waals surface area contributed by atoms with Gasteiger partial charge < -0.3 is 111 Å². The molecule has 13 unspecified atom stereocenters. The maximum atomic E-state index is 13.8. The van der Waals surface area contributed by atoms with Crippen molar-refractivity contribution >= 4 is 35.6 Å². The molecule has 17 N–H and O–H groups in total. The first kappa shape index (κ1) is 55.2. The fourth-order valence-electron chi connectivity index (χ4n) is 8.01. The highest BCUT2D eigenvalue weighted by molar-refractivity contribution is 6.02. The zero-order valence-electron chi connectivity index (χ0n) is 38.2. The summed E-state index contributed by atoms with van der Waals surface area (Å²) in [6.45, 7) is -3.49. The predicted molar refractivity (Wildman–Crippen MR) is 235 cm³/mol. The van der Waals surface area contributed by atoms with Crippen molar-refractivity contribution in [3.05, 3.63) is 69.8 Å². The number of carbonyl (C=O) groups is 6. The van der Waals surface area contributed by atoms with Crippen molar-refractivity contribution in [1.29, 1.82) is 0 Å². The Labute approximate surface area is 411 Å². The van der Waals surface area contributed by atoms with E-state index >= 15 is 0 Å². The third kappa shape index (κ3) is 11.9. The molecule has 3 aliphatic heterocycles. The molecule has 0 aliphatic carbocycles. The molecule has 3 aromatic carbocycles. The number of aromatic hydroxyl groups is 6. The van der Waals surface area contributed by atoms with Crippen LogP contribution < -0.4 is 16.0 Å². The van der Waals surface area contributed by atoms with Gasteiger partial charge in [-0.05, 0) is 59.5 Å². The van der Waals surface area contributed by atoms with Crippen molar-refractivity contribution < 1.29 is 124 Å². The number of aryl methyl sites for hydroxylation is 1. The zero-order chi connectivity index (χ0) is 53.7. The summed E-state index contributed by atoms with van der Waals surface area (Å²) in [5.74, 6) is -14.7. The van der Waals surface area contributed by atoms with Crippen LogP contribution in [0.2, 0.25) is 0 Å². The van der Waals surface area contributed by atoms with Gasteiger partial charge in [-0.2, -0.15) is 0 Å². The molecule has 3 fully saturated rings. The fraction of sp³-hybridized carbons (Fsp3) is 0.467. The molecular formula is C45H53N3O25. The first-order chi connectivity index (χ1) is 34.5. The Kier molecular flexibility index (Phi) is 17.5. The lowest BCUT2D eigenvalue weighted by atomic mass is 9.90. The Hall–Kier alpha value is -7.12. The van der Waals surface area contributed by atoms with Gasteiger partial charge in [0.05, 0.1) is 29.9 Å². The summed E-state index contributed by atoms with van der Waals surface area (Å²) in [6.07, 6.45) is -16.7. The number of amides is 3. The second-order valence-corrected chi connectivity index (χ2v) is 17.1. The van der Waals surface area contributed by atoms with Crippen LogP contribution in [0.3, 0.4) is 0 Å². The number of ether oxygens (including phenoxy) is 5. The van der Waals surface area contributed by atoms with Gasteiger partial charge in [-0.1, -0.05) is 13.3 Å². The summed E-state index contributed by atoms with van der Waals surface area (Å²) in [5.41, 5.74) is -2.55. The lowest BCUT2D eigenvalue weighted by molar-refractivity contribution is -0.231. The third-order valence-corrected chi connectivity index (χ3v) is 12.0. The van der Waals surface area contributed by atoms with Crippen LogP contribution in [0.5, 0.6) is 34.5 Å². The SMILES string of the molecule is CCCc1cc(O)c(O)c(C(=O)NC2COC(=O)C(NC(=O)c3cc(C4OC(CO)C(O)C(O)C4O)cc(O)c3O)COC(=O)C(NC(=O)c3cc(C4OC(CO)C(O)C(O)C4O)cc(O)c3O)COC2=O)c1. The maximum Gasteiger partial charge on any atom is 0.332 e. The Balaban J connectivity index is 1.32. The highest BCUT2D eigenvalue weighted by Crippen LogP contribution is 2.40. The minimum absolute atomic E-state index is 0.318. The summed E-state index contributed by atoms with van der Waals surface area (Å²) >= 11 is 0. The number of hydrogen-bond donors (Lipinski definition) is 17. The predicted octanol–water partition coefficient (Wildman–Crippen LogP) is -4.76. The number of aliphatic hydroxyl groups is 8. The first-order valence-electron chi connectivity index (χ1n) is 22.2. The van der Waals surface area contributed by atoms with Crippen LogP contribution in [0.4, 0.5) is 0 Å². The average molecular weight is 1040 g/mol. The van der Waals surface area contributed by atoms with Gasteiger partial charge in [0.15, 0.2) is 52.6 Å². The molecule has 3 heterocycles. The van der Waals surface area contributed by atoms with Crippen molar-refractivity contribution in [3.8, 4) is 34.5 Å². The molecule has 6 rings (SSSR count). The van der Waals surface area contributed by atoms with Crippen molar-refractivity contribution in [2.24, 2.45) is 0 Å². The standard InChI is InChI=1S/C45H53N3O25/c1-2-3-15-4-18(29(54)24(51)5-15)40(63)46-21-12-69-44(67)23(48-42(65)20-7-17(9-26(53)31(20)56)39-37(62)35(60)33(58)28(11-50)73-39)14-71-45(68)22(13-70-43(21)66)47-41(64)19-6-16(8-25(52)30(19)55)38-36(61)34(59)32(57)27(10-49)72-38/h4-9,21-23,27-28,32-39,49-62H,2-3,10-14H2,1H3,(H,46,63)(H,47,64)(H,48,65). The lowest BCUT2D eigenvalue weighted by Crippen LogP contribution is -2.55. The monoisotopic (exact) mass is 1040 g/mol. The van der Waals surface area contributed by atoms with E-state index in [-0.39, 0.29) is 11.1 Å². The van der Waals surface area contributed by atoms with E-state index in [4.69, 9.17) is 23.7 Å². The summed E-state index contributed by atoms with van der Waals surface area (Å²) in [5, 5.41) is 152. The molecule has 3 aromatic rings. The Morgan fingerprint density at radius 2 is 0.822 bits per heavy atom. The first-order valence-corrected chi connectivity index (χ1v) is 22.2. The molecule has 3 amide bonds. The van der Waals surface area contributed by atoms with Crippen molar-refractivity contribution in [1.82, 2.24) is 16.0 Å². The fourth-order valence-corrected chi connectivity index (χ4v) is 8.01. The molecule has 0 spiro atoms. The molecule has 73 heavy (non-hydrogen) atoms. The smallest absolute Gasteiger partial charge is 0.332 e. The van der Waals surface area contributed by atoms with E-state index in [1.165, 1.54) is 12.1 Å². The Bertz CT molecular complexity index is 2470. The van der Waals surface area contributed by atoms with Crippen LogP contribution in [0.15, 0.2) is 36.4 Å². The summed E-state index contributed by atoms with van der Waals surface area (Å²) in [7, 11) is 0. The average Bonchev–Trinajstić information content (AvgIpc) is 3.35. The van der Waals surface area contributed by atoms with Gasteiger partial charge in [0, 0.05) is 0 Å². The maximum absolute atomic E-state index is 13.8. The highest BCUT2D eigenvalue weighted by atomic mass is 16.6. The molecule has 3 aliphatic rings. The van der Waals surface area contributed by atoms with Gasteiger partial charge in [0.2, 0.25) is 0 Å². The molecule has 28 heteroatoms. The Morgan fingerprint density at radius 1 is 0.493 bits per heavy atom. The van der Waals surface area contributed by atoms with E-state index in [1.54, 1.807) is 6.92 Å². The minimum Gasteiger partial charge on any atom is -0.504 e. The number of carbonyl (C=O) groups excluding carboxylic acids is 6. The summed E-state index contributed by atoms with van der Waals surface area (Å²) < 4.78 is 26.7. The van der Waals surface area contributed by atoms with E-state index < -0.39 is 199 Å². The number of hydrogen-bond acceptors (Lipinski definition) is 25. The second-order valence-electron chi connectivity index (χ2n) is 17.1. The molecule has 398 valence electrons. The number of nitrogens with one attached hydrogen (secondary N) is 3. The van der Waals surface area contributed by atoms with Crippen LogP contribution in [0, 0.1) is 0 Å². The quantitative estimate of drug-likeness (QED) is 0.0460. The van der Waals surface area contributed by atoms with E-state index in [0.29, 0.717) is 18.4 Å². The topological polar surface area (TPSA) is 468 Å². The van der Waals surface area contributed by atoms with Crippen LogP contribution in [-0.2, 0) is 44.5 Å². The van der Waals surface area contributed by atoms with Gasteiger partial charge in [0.25, 0.3) is 17.7 Å². The van der Waals surface area contributed by atoms with Crippen molar-refractivity contribution in [2.45, 2.75) is 98.9 Å². The van der Waals surface area contributed by atoms with Gasteiger partial charge in [0.1, 0.15) is 80.9 Å². The van der Waals surface area contributed by atoms with Crippen LogP contribution in [0.25, 0.3) is 0 Å². The van der Waals surface area contributed by atoms with E-state index in [2.05, 4.69) is 16.0 Å². The molecule has 28 nitrogen and oxygen atoms in total. The van der Waals surface area contributed by atoms with E-state index in [1.807, 2.05) is 0 Å². The van der Waals surface area contributed by atoms with Gasteiger partial charge in [-0.25, -0.2) is 14.4 Å².